The van der Waals surface area contributed by atoms with Crippen LogP contribution in [-0.4, -0.2) is 41.0 Å². The summed E-state index contributed by atoms with van der Waals surface area (Å²) >= 11 is 0. The highest BCUT2D eigenvalue weighted by molar-refractivity contribution is 5.93. The first-order valence-corrected chi connectivity index (χ1v) is 8.57. The zero-order chi connectivity index (χ0) is 18.3. The monoisotopic (exact) mass is 351 g/mol. The Kier molecular flexibility index (Phi) is 4.03. The topological polar surface area (TPSA) is 56.1 Å². The maximum absolute atomic E-state index is 12.9. The lowest BCUT2D eigenvalue weighted by Crippen LogP contribution is -2.36. The van der Waals surface area contributed by atoms with E-state index >= 15 is 0 Å². The second-order valence-electron chi connectivity index (χ2n) is 6.55. The average Bonchev–Trinajstić information content (AvgIpc) is 3.08. The molecule has 1 aliphatic rings. The number of aromatic nitrogens is 2. The maximum Gasteiger partial charge on any atom is 0.274 e. The van der Waals surface area contributed by atoms with Crippen LogP contribution in [0.4, 0.5) is 0 Å². The van der Waals surface area contributed by atoms with Gasteiger partial charge in [-0.05, 0) is 54.3 Å². The zero-order valence-corrected chi connectivity index (χ0v) is 15.2. The lowest BCUT2D eigenvalue weighted by molar-refractivity contribution is 0.0729. The standard InChI is InChI=1S/C20H21N3O3/c1-13-4-6-22-12-16(21-19(22)8-13)20(24)23-7-5-14-9-17(25-2)18(26-3)10-15(14)11-23/h4,6,8-10,12H,5,7,11H2,1-3H3. The fraction of sp³-hybridized carbons (Fsp3) is 0.300. The molecule has 1 aliphatic heterocycles. The third-order valence-corrected chi connectivity index (χ3v) is 4.84. The van der Waals surface area contributed by atoms with Crippen LogP contribution in [0.5, 0.6) is 11.5 Å². The molecule has 1 aromatic carbocycles. The number of rotatable bonds is 3. The molecule has 6 nitrogen and oxygen atoms in total. The molecule has 0 N–H and O–H groups in total. The van der Waals surface area contributed by atoms with Gasteiger partial charge in [0.15, 0.2) is 11.5 Å². The summed E-state index contributed by atoms with van der Waals surface area (Å²) in [5.74, 6) is 1.36. The van der Waals surface area contributed by atoms with Gasteiger partial charge < -0.3 is 18.8 Å². The van der Waals surface area contributed by atoms with Crippen LogP contribution < -0.4 is 9.47 Å². The highest BCUT2D eigenvalue weighted by Gasteiger charge is 2.25. The van der Waals surface area contributed by atoms with Gasteiger partial charge in [0.2, 0.25) is 0 Å². The highest BCUT2D eigenvalue weighted by atomic mass is 16.5. The van der Waals surface area contributed by atoms with Crippen LogP contribution in [0.15, 0.2) is 36.7 Å². The van der Waals surface area contributed by atoms with E-state index in [9.17, 15) is 4.79 Å². The van der Waals surface area contributed by atoms with Gasteiger partial charge in [0.05, 0.1) is 14.2 Å². The summed E-state index contributed by atoms with van der Waals surface area (Å²) < 4.78 is 12.6. The molecule has 0 aliphatic carbocycles. The Morgan fingerprint density at radius 2 is 1.85 bits per heavy atom. The number of carbonyl (C=O) groups excluding carboxylic acids is 1. The zero-order valence-electron chi connectivity index (χ0n) is 15.2. The van der Waals surface area contributed by atoms with Gasteiger partial charge in [0.1, 0.15) is 11.3 Å². The van der Waals surface area contributed by atoms with Gasteiger partial charge in [-0.1, -0.05) is 0 Å². The van der Waals surface area contributed by atoms with E-state index in [1.807, 2.05) is 46.7 Å². The van der Waals surface area contributed by atoms with Crippen molar-refractivity contribution < 1.29 is 14.3 Å². The Morgan fingerprint density at radius 1 is 1.12 bits per heavy atom. The smallest absolute Gasteiger partial charge is 0.274 e. The fourth-order valence-corrected chi connectivity index (χ4v) is 3.41. The highest BCUT2D eigenvalue weighted by Crippen LogP contribution is 2.33. The molecule has 3 aromatic rings. The first-order valence-electron chi connectivity index (χ1n) is 8.57. The molecule has 6 heteroatoms. The number of nitrogens with zero attached hydrogens (tertiary/aromatic N) is 3. The third kappa shape index (κ3) is 2.77. The minimum absolute atomic E-state index is 0.0493. The van der Waals surface area contributed by atoms with Gasteiger partial charge in [-0.25, -0.2) is 4.98 Å². The predicted molar refractivity (Wildman–Crippen MR) is 97.9 cm³/mol. The van der Waals surface area contributed by atoms with Crippen LogP contribution in [0, 0.1) is 6.92 Å². The summed E-state index contributed by atoms with van der Waals surface area (Å²) in [7, 11) is 3.25. The third-order valence-electron chi connectivity index (χ3n) is 4.84. The number of methoxy groups -OCH3 is 2. The van der Waals surface area contributed by atoms with E-state index in [2.05, 4.69) is 4.98 Å². The molecule has 3 heterocycles. The maximum atomic E-state index is 12.9. The van der Waals surface area contributed by atoms with Crippen molar-refractivity contribution in [2.24, 2.45) is 0 Å². The van der Waals surface area contributed by atoms with E-state index in [4.69, 9.17) is 9.47 Å². The van der Waals surface area contributed by atoms with Crippen LogP contribution in [0.25, 0.3) is 5.65 Å². The van der Waals surface area contributed by atoms with Gasteiger partial charge in [-0.15, -0.1) is 0 Å². The van der Waals surface area contributed by atoms with Gasteiger partial charge in [0, 0.05) is 25.5 Å². The van der Waals surface area contributed by atoms with E-state index in [0.29, 0.717) is 24.5 Å². The second kappa shape index (κ2) is 6.37. The molecular weight excluding hydrogens is 330 g/mol. The lowest BCUT2D eigenvalue weighted by Gasteiger charge is -2.29. The number of pyridine rings is 1. The summed E-state index contributed by atoms with van der Waals surface area (Å²) in [5.41, 5.74) is 4.66. The molecule has 26 heavy (non-hydrogen) atoms. The molecule has 0 atom stereocenters. The Hall–Kier alpha value is -3.02. The molecule has 0 fully saturated rings. The van der Waals surface area contributed by atoms with Crippen molar-refractivity contribution in [2.75, 3.05) is 20.8 Å². The largest absolute Gasteiger partial charge is 0.493 e. The van der Waals surface area contributed by atoms with Crippen LogP contribution in [0.1, 0.15) is 27.2 Å². The summed E-state index contributed by atoms with van der Waals surface area (Å²) in [6.07, 6.45) is 4.51. The number of aryl methyl sites for hydroxylation is 1. The van der Waals surface area contributed by atoms with Gasteiger partial charge >= 0.3 is 0 Å². The van der Waals surface area contributed by atoms with Crippen LogP contribution >= 0.6 is 0 Å². The summed E-state index contributed by atoms with van der Waals surface area (Å²) in [6.45, 7) is 3.22. The molecular formula is C20H21N3O3. The van der Waals surface area contributed by atoms with Crippen molar-refractivity contribution in [3.05, 3.63) is 59.0 Å². The Morgan fingerprint density at radius 3 is 2.58 bits per heavy atom. The van der Waals surface area contributed by atoms with Crippen molar-refractivity contribution in [2.45, 2.75) is 19.9 Å². The van der Waals surface area contributed by atoms with Crippen molar-refractivity contribution in [3.63, 3.8) is 0 Å². The molecule has 0 saturated heterocycles. The summed E-state index contributed by atoms with van der Waals surface area (Å²) in [6, 6.07) is 7.93. The summed E-state index contributed by atoms with van der Waals surface area (Å²) in [4.78, 5) is 19.3. The minimum Gasteiger partial charge on any atom is -0.493 e. The number of fused-ring (bicyclic) bond motifs is 2. The molecule has 0 bridgehead atoms. The molecule has 2 aromatic heterocycles. The Bertz CT molecular complexity index is 993. The molecule has 4 rings (SSSR count). The number of benzene rings is 1. The predicted octanol–water partition coefficient (Wildman–Crippen LogP) is 2.86. The minimum atomic E-state index is -0.0493. The van der Waals surface area contributed by atoms with E-state index in [-0.39, 0.29) is 5.91 Å². The Balaban J connectivity index is 1.62. The number of imidazole rings is 1. The van der Waals surface area contributed by atoms with Gasteiger partial charge in [-0.3, -0.25) is 4.79 Å². The molecule has 0 saturated carbocycles. The molecule has 0 radical (unpaired) electrons. The van der Waals surface area contributed by atoms with Crippen molar-refractivity contribution in [1.82, 2.24) is 14.3 Å². The first-order chi connectivity index (χ1) is 12.6. The van der Waals surface area contributed by atoms with E-state index in [0.717, 1.165) is 28.9 Å². The molecule has 0 spiro atoms. The number of hydrogen-bond acceptors (Lipinski definition) is 4. The number of amides is 1. The lowest BCUT2D eigenvalue weighted by atomic mass is 9.98. The van der Waals surface area contributed by atoms with Crippen LogP contribution in [0.3, 0.4) is 0 Å². The van der Waals surface area contributed by atoms with E-state index in [1.165, 1.54) is 5.56 Å². The molecule has 1 amide bonds. The van der Waals surface area contributed by atoms with Crippen molar-refractivity contribution in [3.8, 4) is 11.5 Å². The van der Waals surface area contributed by atoms with E-state index < -0.39 is 0 Å². The van der Waals surface area contributed by atoms with Gasteiger partial charge in [0.25, 0.3) is 5.91 Å². The normalized spacial score (nSPS) is 13.6. The van der Waals surface area contributed by atoms with Crippen LogP contribution in [-0.2, 0) is 13.0 Å². The summed E-state index contributed by atoms with van der Waals surface area (Å²) in [5, 5.41) is 0. The molecule has 134 valence electrons. The molecule has 0 unspecified atom stereocenters. The quantitative estimate of drug-likeness (QED) is 0.728. The second-order valence-corrected chi connectivity index (χ2v) is 6.55. The number of ether oxygens (including phenoxy) is 2. The van der Waals surface area contributed by atoms with Crippen LogP contribution in [0.2, 0.25) is 0 Å². The van der Waals surface area contributed by atoms with Gasteiger partial charge in [-0.2, -0.15) is 0 Å². The van der Waals surface area contributed by atoms with Crippen molar-refractivity contribution in [1.29, 1.82) is 0 Å². The SMILES string of the molecule is COc1cc2c(cc1OC)CN(C(=O)c1cn3ccc(C)cc3n1)CC2. The Labute approximate surface area is 152 Å². The van der Waals surface area contributed by atoms with E-state index in [1.54, 1.807) is 20.4 Å². The average molecular weight is 351 g/mol. The first kappa shape index (κ1) is 16.4. The van der Waals surface area contributed by atoms with Crippen molar-refractivity contribution >= 4 is 11.6 Å². The fourth-order valence-electron chi connectivity index (χ4n) is 3.41. The number of hydrogen-bond donors (Lipinski definition) is 0. The number of carbonyl (C=O) groups is 1.